The summed E-state index contributed by atoms with van der Waals surface area (Å²) in [4.78, 5) is 40.3. The molecule has 1 aliphatic rings. The number of ether oxygens (including phenoxy) is 3. The number of carboxylic acid groups (broad SMARTS) is 1. The van der Waals surface area contributed by atoms with Gasteiger partial charge in [-0.1, -0.05) is 20.8 Å². The molecule has 5 N–H and O–H groups in total. The molecular weight excluding hydrogens is 572 g/mol. The molecule has 7 atom stereocenters. The number of amides is 2. The first-order chi connectivity index (χ1) is 19.1. The molecule has 0 heterocycles. The number of nitrogens with zero attached hydrogens (tertiary/aromatic N) is 1. The Morgan fingerprint density at radius 3 is 2.02 bits per heavy atom. The lowest BCUT2D eigenvalue weighted by Crippen LogP contribution is -2.54. The van der Waals surface area contributed by atoms with Crippen molar-refractivity contribution >= 4 is 34.1 Å². The molecule has 15 heteroatoms. The molecule has 1 fully saturated rings. The zero-order chi connectivity index (χ0) is 32.6. The molecular formula is C27H50N4O10S. The highest BCUT2D eigenvalue weighted by atomic mass is 32.2. The van der Waals surface area contributed by atoms with E-state index in [4.69, 9.17) is 14.2 Å². The van der Waals surface area contributed by atoms with E-state index in [1.807, 2.05) is 20.8 Å². The summed E-state index contributed by atoms with van der Waals surface area (Å²) in [6.45, 7) is 15.4. The van der Waals surface area contributed by atoms with E-state index >= 15 is 0 Å². The number of nitrogens with one attached hydrogen (secondary N) is 3. The van der Waals surface area contributed by atoms with Crippen molar-refractivity contribution in [2.75, 3.05) is 13.7 Å². The molecule has 0 saturated heterocycles. The monoisotopic (exact) mass is 622 g/mol. The molecule has 2 amide bonds. The molecule has 42 heavy (non-hydrogen) atoms. The Morgan fingerprint density at radius 2 is 1.52 bits per heavy atom. The number of rotatable bonds is 10. The number of aliphatic imine (C=N–C) groups is 1. The van der Waals surface area contributed by atoms with Gasteiger partial charge in [-0.05, 0) is 78.6 Å². The number of methoxy groups -OCH3 is 1. The normalized spacial score (nSPS) is 25.1. The van der Waals surface area contributed by atoms with Crippen molar-refractivity contribution in [2.45, 2.75) is 116 Å². The third-order valence-corrected chi connectivity index (χ3v) is 8.99. The second kappa shape index (κ2) is 15.2. The second-order valence-corrected chi connectivity index (χ2v) is 14.7. The Hall–Kier alpha value is -2.65. The fourth-order valence-corrected chi connectivity index (χ4v) is 6.97. The van der Waals surface area contributed by atoms with Crippen molar-refractivity contribution in [2.24, 2.45) is 22.7 Å². The van der Waals surface area contributed by atoms with Gasteiger partial charge >= 0.3 is 18.2 Å². The standard InChI is InChI=1S/C27H50N4O10S/c1-15-14-19(39-10)16(2)17(3)21(15)42(37,38)31-23(30-25(36)41-27(7,8)9)28-13-11-12-18(20(32)22(33)34)29-24(35)40-26(4,5)6/h15-21,32H,11-14H2,1-10H3,(H,29,35)(H,33,34)(H2,28,30,31,36). The van der Waals surface area contributed by atoms with Crippen molar-refractivity contribution in [1.29, 1.82) is 0 Å². The fourth-order valence-electron chi connectivity index (χ4n) is 4.91. The maximum Gasteiger partial charge on any atom is 0.414 e. The number of hydrogen-bond donors (Lipinski definition) is 5. The van der Waals surface area contributed by atoms with Crippen LogP contribution in [0, 0.1) is 17.8 Å². The predicted molar refractivity (Wildman–Crippen MR) is 156 cm³/mol. The summed E-state index contributed by atoms with van der Waals surface area (Å²) in [5.74, 6) is -2.46. The smallest absolute Gasteiger partial charge is 0.414 e. The Balaban J connectivity index is 3.14. The van der Waals surface area contributed by atoms with Crippen LogP contribution in [0.4, 0.5) is 9.59 Å². The zero-order valence-corrected chi connectivity index (χ0v) is 27.2. The Morgan fingerprint density at radius 1 is 0.976 bits per heavy atom. The van der Waals surface area contributed by atoms with Crippen molar-refractivity contribution in [3.63, 3.8) is 0 Å². The minimum absolute atomic E-state index is 0.0398. The van der Waals surface area contributed by atoms with E-state index < -0.39 is 56.8 Å². The number of sulfonamides is 1. The number of carbonyl (C=O) groups is 3. The molecule has 7 unspecified atom stereocenters. The summed E-state index contributed by atoms with van der Waals surface area (Å²) >= 11 is 0. The maximum atomic E-state index is 13.6. The van der Waals surface area contributed by atoms with Gasteiger partial charge in [0.15, 0.2) is 6.10 Å². The van der Waals surface area contributed by atoms with E-state index in [2.05, 4.69) is 20.3 Å². The van der Waals surface area contributed by atoms with Gasteiger partial charge in [0.1, 0.15) is 11.2 Å². The fraction of sp³-hybridized carbons (Fsp3) is 0.852. The quantitative estimate of drug-likeness (QED) is 0.137. The van der Waals surface area contributed by atoms with Crippen LogP contribution in [0.25, 0.3) is 0 Å². The van der Waals surface area contributed by atoms with Crippen LogP contribution >= 0.6 is 0 Å². The third kappa shape index (κ3) is 12.3. The zero-order valence-electron chi connectivity index (χ0n) is 26.4. The van der Waals surface area contributed by atoms with Gasteiger partial charge in [0.05, 0.1) is 17.4 Å². The van der Waals surface area contributed by atoms with Gasteiger partial charge in [-0.3, -0.25) is 15.0 Å². The molecule has 1 aliphatic carbocycles. The number of guanidine groups is 1. The van der Waals surface area contributed by atoms with Gasteiger partial charge in [-0.25, -0.2) is 22.8 Å². The number of aliphatic hydroxyl groups is 1. The highest BCUT2D eigenvalue weighted by molar-refractivity contribution is 7.90. The number of carboxylic acids is 1. The Labute approximate surface area is 249 Å². The molecule has 0 aromatic carbocycles. The lowest BCUT2D eigenvalue weighted by molar-refractivity contribution is -0.148. The average molecular weight is 623 g/mol. The maximum absolute atomic E-state index is 13.6. The van der Waals surface area contributed by atoms with Crippen LogP contribution in [-0.2, 0) is 29.0 Å². The van der Waals surface area contributed by atoms with E-state index in [1.54, 1.807) is 48.7 Å². The van der Waals surface area contributed by atoms with E-state index in [9.17, 15) is 33.0 Å². The third-order valence-electron chi connectivity index (χ3n) is 6.90. The topological polar surface area (TPSA) is 202 Å². The summed E-state index contributed by atoms with van der Waals surface area (Å²) in [6.07, 6.45) is -3.24. The van der Waals surface area contributed by atoms with Crippen LogP contribution < -0.4 is 15.4 Å². The van der Waals surface area contributed by atoms with E-state index in [0.717, 1.165) is 0 Å². The molecule has 1 saturated carbocycles. The minimum Gasteiger partial charge on any atom is -0.479 e. The summed E-state index contributed by atoms with van der Waals surface area (Å²) in [7, 11) is -2.44. The molecule has 0 aromatic heterocycles. The summed E-state index contributed by atoms with van der Waals surface area (Å²) in [5.41, 5.74) is -1.71. The first-order valence-electron chi connectivity index (χ1n) is 14.1. The molecule has 0 spiro atoms. The summed E-state index contributed by atoms with van der Waals surface area (Å²) in [6, 6.07) is -1.22. The van der Waals surface area contributed by atoms with Gasteiger partial charge in [0, 0.05) is 13.7 Å². The largest absolute Gasteiger partial charge is 0.479 e. The molecule has 0 aliphatic heterocycles. The van der Waals surface area contributed by atoms with Crippen LogP contribution in [0.3, 0.4) is 0 Å². The number of carbonyl (C=O) groups excluding carboxylic acids is 2. The van der Waals surface area contributed by atoms with Crippen molar-refractivity contribution in [3.8, 4) is 0 Å². The SMILES string of the molecule is COC1CC(C)C(S(=O)(=O)NC(=NCCCC(NC(=O)OC(C)(C)C)C(O)C(=O)O)NC(=O)OC(C)(C)C)C(C)C1C. The summed E-state index contributed by atoms with van der Waals surface area (Å²) < 4.78 is 45.5. The Kier molecular flexibility index (Phi) is 13.5. The highest BCUT2D eigenvalue weighted by Crippen LogP contribution is 2.38. The van der Waals surface area contributed by atoms with Gasteiger partial charge in [0.2, 0.25) is 16.0 Å². The minimum atomic E-state index is -4.04. The molecule has 244 valence electrons. The number of aliphatic hydroxyl groups excluding tert-OH is 1. The van der Waals surface area contributed by atoms with E-state index in [0.29, 0.717) is 6.42 Å². The lowest BCUT2D eigenvalue weighted by atomic mass is 9.74. The number of aliphatic carboxylic acids is 1. The highest BCUT2D eigenvalue weighted by Gasteiger charge is 2.45. The predicted octanol–water partition coefficient (Wildman–Crippen LogP) is 2.60. The van der Waals surface area contributed by atoms with Crippen LogP contribution in [0.2, 0.25) is 0 Å². The number of alkyl carbamates (subject to hydrolysis) is 2. The molecule has 0 radical (unpaired) electrons. The van der Waals surface area contributed by atoms with Gasteiger partial charge < -0.3 is 29.7 Å². The Bertz CT molecular complexity index is 1070. The van der Waals surface area contributed by atoms with Crippen LogP contribution in [-0.4, -0.2) is 91.1 Å². The van der Waals surface area contributed by atoms with E-state index in [1.165, 1.54) is 0 Å². The van der Waals surface area contributed by atoms with Crippen molar-refractivity contribution in [3.05, 3.63) is 0 Å². The molecule has 14 nitrogen and oxygen atoms in total. The van der Waals surface area contributed by atoms with Gasteiger partial charge in [-0.15, -0.1) is 0 Å². The summed E-state index contributed by atoms with van der Waals surface area (Å²) in [5, 5.41) is 23.3. The second-order valence-electron chi connectivity index (χ2n) is 12.9. The van der Waals surface area contributed by atoms with Gasteiger partial charge in [-0.2, -0.15) is 0 Å². The van der Waals surface area contributed by atoms with Crippen molar-refractivity contribution in [1.82, 2.24) is 15.4 Å². The molecule has 1 rings (SSSR count). The van der Waals surface area contributed by atoms with Gasteiger partial charge in [0.25, 0.3) is 0 Å². The lowest BCUT2D eigenvalue weighted by Gasteiger charge is -2.42. The molecule has 0 aromatic rings. The first kappa shape index (κ1) is 37.4. The average Bonchev–Trinajstić information content (AvgIpc) is 2.79. The van der Waals surface area contributed by atoms with Crippen molar-refractivity contribution < 1.29 is 47.2 Å². The van der Waals surface area contributed by atoms with Crippen LogP contribution in [0.5, 0.6) is 0 Å². The van der Waals surface area contributed by atoms with E-state index in [-0.39, 0.29) is 49.2 Å². The first-order valence-corrected chi connectivity index (χ1v) is 15.6. The number of hydrogen-bond acceptors (Lipinski definition) is 10. The van der Waals surface area contributed by atoms with Crippen LogP contribution in [0.1, 0.15) is 81.6 Å². The molecule has 0 bridgehead atoms. The van der Waals surface area contributed by atoms with Crippen LogP contribution in [0.15, 0.2) is 4.99 Å².